The van der Waals surface area contributed by atoms with Gasteiger partial charge in [-0.2, -0.15) is 5.10 Å². The summed E-state index contributed by atoms with van der Waals surface area (Å²) in [6.45, 7) is 5.26. The van der Waals surface area contributed by atoms with Crippen molar-refractivity contribution in [3.8, 4) is 0 Å². The van der Waals surface area contributed by atoms with Crippen molar-refractivity contribution in [2.75, 3.05) is 13.6 Å². The topological polar surface area (TPSA) is 86.3 Å². The lowest BCUT2D eigenvalue weighted by Crippen LogP contribution is -2.34. The zero-order valence-electron chi connectivity index (χ0n) is 10.4. The molecule has 0 fully saturated rings. The monoisotopic (exact) mass is 239 g/mol. The largest absolute Gasteiger partial charge is 0.481 e. The molecule has 0 aliphatic carbocycles. The molecule has 1 aromatic rings. The number of carbonyl (C=O) groups excluding carboxylic acids is 1. The number of hydrogen-bond donors (Lipinski definition) is 2. The van der Waals surface area contributed by atoms with Crippen LogP contribution in [0.5, 0.6) is 0 Å². The zero-order chi connectivity index (χ0) is 13.2. The molecule has 0 radical (unpaired) electrons. The number of aliphatic carboxylic acids is 1. The average molecular weight is 239 g/mol. The van der Waals surface area contributed by atoms with E-state index in [9.17, 15) is 9.59 Å². The number of nitrogens with zero attached hydrogens (tertiary/aromatic N) is 2. The number of aromatic amines is 1. The maximum Gasteiger partial charge on any atom is 0.308 e. The molecule has 0 aliphatic rings. The van der Waals surface area contributed by atoms with Crippen LogP contribution in [0.25, 0.3) is 0 Å². The molecule has 0 saturated heterocycles. The molecule has 0 aromatic carbocycles. The third-order valence-corrected chi connectivity index (χ3v) is 2.66. The number of nitrogens with one attached hydrogen (secondary N) is 1. The highest BCUT2D eigenvalue weighted by atomic mass is 16.4. The molecule has 1 aromatic heterocycles. The van der Waals surface area contributed by atoms with Gasteiger partial charge in [-0.15, -0.1) is 0 Å². The highest BCUT2D eigenvalue weighted by Gasteiger charge is 2.22. The maximum atomic E-state index is 12.1. The van der Waals surface area contributed by atoms with Crippen LogP contribution in [0.2, 0.25) is 0 Å². The number of aryl methyl sites for hydroxylation is 2. The molecule has 6 nitrogen and oxygen atoms in total. The number of carbonyl (C=O) groups is 2. The number of carboxylic acid groups (broad SMARTS) is 1. The summed E-state index contributed by atoms with van der Waals surface area (Å²) in [6.07, 6.45) is 0. The summed E-state index contributed by atoms with van der Waals surface area (Å²) in [4.78, 5) is 24.2. The van der Waals surface area contributed by atoms with Gasteiger partial charge in [-0.3, -0.25) is 14.7 Å². The quantitative estimate of drug-likeness (QED) is 0.814. The van der Waals surface area contributed by atoms with Crippen LogP contribution in [0, 0.1) is 19.8 Å². The van der Waals surface area contributed by atoms with Crippen molar-refractivity contribution in [2.45, 2.75) is 20.8 Å². The molecule has 0 aliphatic heterocycles. The lowest BCUT2D eigenvalue weighted by molar-refractivity contribution is -0.141. The normalized spacial score (nSPS) is 12.2. The van der Waals surface area contributed by atoms with Crippen molar-refractivity contribution in [1.82, 2.24) is 15.1 Å². The number of hydrogen-bond acceptors (Lipinski definition) is 3. The standard InChI is InChI=1S/C11H17N3O3/c1-6(11(16)17)5-14(4)10(15)9-7(2)12-13-8(9)3/h6H,5H2,1-4H3,(H,12,13)(H,16,17). The minimum atomic E-state index is -0.912. The van der Waals surface area contributed by atoms with Crippen molar-refractivity contribution >= 4 is 11.9 Å². The summed E-state index contributed by atoms with van der Waals surface area (Å²) in [6, 6.07) is 0. The molecule has 0 spiro atoms. The number of amides is 1. The van der Waals surface area contributed by atoms with E-state index in [1.807, 2.05) is 0 Å². The van der Waals surface area contributed by atoms with Crippen LogP contribution in [0.1, 0.15) is 28.7 Å². The van der Waals surface area contributed by atoms with Crippen LogP contribution in [-0.4, -0.2) is 45.7 Å². The molecule has 17 heavy (non-hydrogen) atoms. The van der Waals surface area contributed by atoms with E-state index in [4.69, 9.17) is 5.11 Å². The summed E-state index contributed by atoms with van der Waals surface area (Å²) < 4.78 is 0. The van der Waals surface area contributed by atoms with Crippen molar-refractivity contribution < 1.29 is 14.7 Å². The van der Waals surface area contributed by atoms with Gasteiger partial charge in [0.2, 0.25) is 0 Å². The molecule has 0 saturated carbocycles. The van der Waals surface area contributed by atoms with Gasteiger partial charge in [0.05, 0.1) is 17.2 Å². The molecule has 0 bridgehead atoms. The maximum absolute atomic E-state index is 12.1. The predicted molar refractivity (Wildman–Crippen MR) is 61.8 cm³/mol. The van der Waals surface area contributed by atoms with E-state index < -0.39 is 11.9 Å². The highest BCUT2D eigenvalue weighted by molar-refractivity contribution is 5.96. The first-order valence-corrected chi connectivity index (χ1v) is 5.34. The van der Waals surface area contributed by atoms with Gasteiger partial charge in [0, 0.05) is 19.3 Å². The van der Waals surface area contributed by atoms with Crippen LogP contribution < -0.4 is 0 Å². The van der Waals surface area contributed by atoms with Crippen molar-refractivity contribution in [3.63, 3.8) is 0 Å². The fraction of sp³-hybridized carbons (Fsp3) is 0.545. The van der Waals surface area contributed by atoms with E-state index in [0.29, 0.717) is 17.0 Å². The Kier molecular flexibility index (Phi) is 3.88. The second-order valence-corrected chi connectivity index (χ2v) is 4.23. The Morgan fingerprint density at radius 1 is 1.47 bits per heavy atom. The summed E-state index contributed by atoms with van der Waals surface area (Å²) in [5.74, 6) is -1.70. The van der Waals surface area contributed by atoms with Crippen molar-refractivity contribution in [3.05, 3.63) is 17.0 Å². The van der Waals surface area contributed by atoms with E-state index in [0.717, 1.165) is 0 Å². The van der Waals surface area contributed by atoms with Crippen LogP contribution >= 0.6 is 0 Å². The molecule has 1 heterocycles. The van der Waals surface area contributed by atoms with E-state index in [2.05, 4.69) is 10.2 Å². The minimum Gasteiger partial charge on any atom is -0.481 e. The number of aromatic nitrogens is 2. The summed E-state index contributed by atoms with van der Waals surface area (Å²) in [5, 5.41) is 15.5. The third kappa shape index (κ3) is 2.83. The van der Waals surface area contributed by atoms with E-state index >= 15 is 0 Å². The van der Waals surface area contributed by atoms with Crippen LogP contribution in [-0.2, 0) is 4.79 Å². The lowest BCUT2D eigenvalue weighted by Gasteiger charge is -2.19. The van der Waals surface area contributed by atoms with Gasteiger partial charge in [-0.05, 0) is 13.8 Å². The molecule has 1 amide bonds. The Balaban J connectivity index is 2.81. The highest BCUT2D eigenvalue weighted by Crippen LogP contribution is 2.12. The molecular formula is C11H17N3O3. The smallest absolute Gasteiger partial charge is 0.308 e. The first-order chi connectivity index (χ1) is 7.84. The Morgan fingerprint density at radius 2 is 2.06 bits per heavy atom. The van der Waals surface area contributed by atoms with Gasteiger partial charge in [-0.1, -0.05) is 6.92 Å². The molecule has 6 heteroatoms. The molecule has 2 N–H and O–H groups in total. The second-order valence-electron chi connectivity index (χ2n) is 4.23. The Morgan fingerprint density at radius 3 is 2.47 bits per heavy atom. The molecular weight excluding hydrogens is 222 g/mol. The fourth-order valence-electron chi connectivity index (χ4n) is 1.63. The van der Waals surface area contributed by atoms with Crippen molar-refractivity contribution in [1.29, 1.82) is 0 Å². The molecule has 1 unspecified atom stereocenters. The number of rotatable bonds is 4. The second kappa shape index (κ2) is 4.99. The summed E-state index contributed by atoms with van der Waals surface area (Å²) >= 11 is 0. The first kappa shape index (κ1) is 13.2. The Hall–Kier alpha value is -1.85. The number of H-pyrrole nitrogens is 1. The Bertz CT molecular complexity index is 420. The van der Waals surface area contributed by atoms with Crippen LogP contribution in [0.4, 0.5) is 0 Å². The van der Waals surface area contributed by atoms with Gasteiger partial charge in [0.1, 0.15) is 0 Å². The molecule has 1 atom stereocenters. The van der Waals surface area contributed by atoms with Crippen molar-refractivity contribution in [2.24, 2.45) is 5.92 Å². The Labute approximate surface area is 99.6 Å². The van der Waals surface area contributed by atoms with Crippen LogP contribution in [0.3, 0.4) is 0 Å². The van der Waals surface area contributed by atoms with E-state index in [1.165, 1.54) is 4.90 Å². The fourth-order valence-corrected chi connectivity index (χ4v) is 1.63. The summed E-state index contributed by atoms with van der Waals surface area (Å²) in [7, 11) is 1.59. The van der Waals surface area contributed by atoms with Gasteiger partial charge in [0.25, 0.3) is 5.91 Å². The van der Waals surface area contributed by atoms with Gasteiger partial charge < -0.3 is 10.0 Å². The van der Waals surface area contributed by atoms with E-state index in [-0.39, 0.29) is 12.5 Å². The zero-order valence-corrected chi connectivity index (χ0v) is 10.4. The summed E-state index contributed by atoms with van der Waals surface area (Å²) in [5.41, 5.74) is 1.84. The lowest BCUT2D eigenvalue weighted by atomic mass is 10.1. The first-order valence-electron chi connectivity index (χ1n) is 5.34. The minimum absolute atomic E-state index is 0.179. The SMILES string of the molecule is Cc1n[nH]c(C)c1C(=O)N(C)CC(C)C(=O)O. The van der Waals surface area contributed by atoms with Crippen LogP contribution in [0.15, 0.2) is 0 Å². The van der Waals surface area contributed by atoms with Gasteiger partial charge >= 0.3 is 5.97 Å². The molecule has 1 rings (SSSR count). The predicted octanol–water partition coefficient (Wildman–Crippen LogP) is 0.819. The van der Waals surface area contributed by atoms with Gasteiger partial charge in [-0.25, -0.2) is 0 Å². The third-order valence-electron chi connectivity index (χ3n) is 2.66. The van der Waals surface area contributed by atoms with E-state index in [1.54, 1.807) is 27.8 Å². The van der Waals surface area contributed by atoms with Gasteiger partial charge in [0.15, 0.2) is 0 Å². The average Bonchev–Trinajstić information content (AvgIpc) is 2.57. The molecule has 94 valence electrons. The number of carboxylic acids is 1.